The molecule has 7 nitrogen and oxygen atoms in total. The van der Waals surface area contributed by atoms with Gasteiger partial charge >= 0.3 is 12.0 Å². The summed E-state index contributed by atoms with van der Waals surface area (Å²) < 4.78 is 0. The minimum atomic E-state index is -0.989. The molecule has 0 radical (unpaired) electrons. The molecule has 4 N–H and O–H groups in total. The molecule has 114 valence electrons. The standard InChI is InChI=1S/C13H17N3O4S/c14-13(20)15-8(10-4-2-6-21-10)7-11(17)16-5-1-3-9(16)12(18)19/h2,4,6,8-9H,1,3,5,7H2,(H,18,19)(H3,14,15,20)/t8-,9+/m0/s1. The van der Waals surface area contributed by atoms with E-state index in [2.05, 4.69) is 5.32 Å². The van der Waals surface area contributed by atoms with Crippen molar-refractivity contribution in [3.63, 3.8) is 0 Å². The van der Waals surface area contributed by atoms with Crippen molar-refractivity contribution in [1.82, 2.24) is 10.2 Å². The third-order valence-corrected chi connectivity index (χ3v) is 4.43. The second-order valence-electron chi connectivity index (χ2n) is 4.86. The Bertz CT molecular complexity index is 532. The van der Waals surface area contributed by atoms with Gasteiger partial charge in [0, 0.05) is 11.4 Å². The highest BCUT2D eigenvalue weighted by Gasteiger charge is 2.35. The highest BCUT2D eigenvalue weighted by Crippen LogP contribution is 2.25. The number of carboxylic acid groups (broad SMARTS) is 1. The minimum absolute atomic E-state index is 0.00718. The lowest BCUT2D eigenvalue weighted by molar-refractivity contribution is -0.148. The van der Waals surface area contributed by atoms with E-state index in [1.807, 2.05) is 11.4 Å². The minimum Gasteiger partial charge on any atom is -0.480 e. The van der Waals surface area contributed by atoms with E-state index in [4.69, 9.17) is 10.8 Å². The van der Waals surface area contributed by atoms with Crippen molar-refractivity contribution in [2.45, 2.75) is 31.3 Å². The maximum absolute atomic E-state index is 12.3. The van der Waals surface area contributed by atoms with E-state index in [-0.39, 0.29) is 12.3 Å². The summed E-state index contributed by atoms with van der Waals surface area (Å²) in [6.07, 6.45) is 1.15. The zero-order chi connectivity index (χ0) is 15.4. The quantitative estimate of drug-likeness (QED) is 0.750. The molecule has 21 heavy (non-hydrogen) atoms. The second kappa shape index (κ2) is 6.57. The summed E-state index contributed by atoms with van der Waals surface area (Å²) in [6.45, 7) is 0.434. The number of urea groups is 1. The summed E-state index contributed by atoms with van der Waals surface area (Å²) in [5.74, 6) is -1.27. The van der Waals surface area contributed by atoms with Crippen LogP contribution in [0, 0.1) is 0 Å². The fraction of sp³-hybridized carbons (Fsp3) is 0.462. The number of carbonyl (C=O) groups excluding carboxylic acids is 2. The first-order chi connectivity index (χ1) is 9.99. The molecule has 1 aromatic rings. The van der Waals surface area contributed by atoms with Gasteiger partial charge in [-0.25, -0.2) is 9.59 Å². The predicted molar refractivity (Wildman–Crippen MR) is 76.8 cm³/mol. The van der Waals surface area contributed by atoms with Crippen molar-refractivity contribution < 1.29 is 19.5 Å². The predicted octanol–water partition coefficient (Wildman–Crippen LogP) is 0.923. The Hall–Kier alpha value is -2.09. The monoisotopic (exact) mass is 311 g/mol. The lowest BCUT2D eigenvalue weighted by atomic mass is 10.1. The van der Waals surface area contributed by atoms with Gasteiger partial charge in [-0.15, -0.1) is 11.3 Å². The third-order valence-electron chi connectivity index (χ3n) is 3.44. The second-order valence-corrected chi connectivity index (χ2v) is 5.84. The Morgan fingerprint density at radius 3 is 2.86 bits per heavy atom. The number of primary amides is 1. The van der Waals surface area contributed by atoms with Crippen LogP contribution in [0.4, 0.5) is 4.79 Å². The van der Waals surface area contributed by atoms with Gasteiger partial charge in [0.25, 0.3) is 0 Å². The van der Waals surface area contributed by atoms with E-state index in [9.17, 15) is 14.4 Å². The van der Waals surface area contributed by atoms with Crippen molar-refractivity contribution in [1.29, 1.82) is 0 Å². The van der Waals surface area contributed by atoms with Crippen molar-refractivity contribution in [2.24, 2.45) is 5.73 Å². The lowest BCUT2D eigenvalue weighted by Gasteiger charge is -2.24. The molecule has 0 aromatic carbocycles. The van der Waals surface area contributed by atoms with Crippen molar-refractivity contribution in [3.8, 4) is 0 Å². The number of aliphatic carboxylic acids is 1. The first-order valence-corrected chi connectivity index (χ1v) is 7.48. The van der Waals surface area contributed by atoms with E-state index in [1.54, 1.807) is 6.07 Å². The highest BCUT2D eigenvalue weighted by atomic mass is 32.1. The average molecular weight is 311 g/mol. The van der Waals surface area contributed by atoms with Gasteiger partial charge in [-0.3, -0.25) is 4.79 Å². The molecule has 0 unspecified atom stereocenters. The Morgan fingerprint density at radius 2 is 2.29 bits per heavy atom. The summed E-state index contributed by atoms with van der Waals surface area (Å²) in [7, 11) is 0. The van der Waals surface area contributed by atoms with Gasteiger partial charge in [0.1, 0.15) is 6.04 Å². The van der Waals surface area contributed by atoms with E-state index in [0.29, 0.717) is 19.4 Å². The van der Waals surface area contributed by atoms with Gasteiger partial charge in [-0.05, 0) is 24.3 Å². The molecule has 1 aliphatic heterocycles. The number of likely N-dealkylation sites (tertiary alicyclic amines) is 1. The van der Waals surface area contributed by atoms with Crippen LogP contribution in [0.2, 0.25) is 0 Å². The molecule has 2 atom stereocenters. The van der Waals surface area contributed by atoms with Gasteiger partial charge in [-0.2, -0.15) is 0 Å². The first-order valence-electron chi connectivity index (χ1n) is 6.60. The van der Waals surface area contributed by atoms with Crippen LogP contribution >= 0.6 is 11.3 Å². The van der Waals surface area contributed by atoms with Crippen LogP contribution in [0.3, 0.4) is 0 Å². The molecule has 1 saturated heterocycles. The Kier molecular flexibility index (Phi) is 4.79. The van der Waals surface area contributed by atoms with Crippen LogP contribution in [0.25, 0.3) is 0 Å². The van der Waals surface area contributed by atoms with Crippen molar-refractivity contribution in [2.75, 3.05) is 6.54 Å². The van der Waals surface area contributed by atoms with Gasteiger partial charge in [0.05, 0.1) is 12.5 Å². The topological polar surface area (TPSA) is 113 Å². The lowest BCUT2D eigenvalue weighted by Crippen LogP contribution is -2.43. The van der Waals surface area contributed by atoms with E-state index >= 15 is 0 Å². The molecule has 2 rings (SSSR count). The highest BCUT2D eigenvalue weighted by molar-refractivity contribution is 7.10. The molecule has 8 heteroatoms. The molecule has 0 spiro atoms. The van der Waals surface area contributed by atoms with Crippen LogP contribution in [0.1, 0.15) is 30.2 Å². The molecule has 2 heterocycles. The number of hydrogen-bond donors (Lipinski definition) is 3. The number of nitrogens with one attached hydrogen (secondary N) is 1. The fourth-order valence-corrected chi connectivity index (χ4v) is 3.28. The molecule has 1 fully saturated rings. The number of nitrogens with zero attached hydrogens (tertiary/aromatic N) is 1. The fourth-order valence-electron chi connectivity index (χ4n) is 2.50. The smallest absolute Gasteiger partial charge is 0.326 e. The van der Waals surface area contributed by atoms with Crippen LogP contribution in [-0.4, -0.2) is 40.5 Å². The van der Waals surface area contributed by atoms with E-state index in [0.717, 1.165) is 4.88 Å². The summed E-state index contributed by atoms with van der Waals surface area (Å²) in [4.78, 5) is 36.7. The SMILES string of the molecule is NC(=O)N[C@@H](CC(=O)N1CCC[C@@H]1C(=O)O)c1cccs1. The van der Waals surface area contributed by atoms with Gasteiger partial charge in [0.2, 0.25) is 5.91 Å². The number of amides is 3. The molecule has 3 amide bonds. The van der Waals surface area contributed by atoms with Gasteiger partial charge in [-0.1, -0.05) is 6.07 Å². The van der Waals surface area contributed by atoms with Crippen molar-refractivity contribution in [3.05, 3.63) is 22.4 Å². The number of hydrogen-bond acceptors (Lipinski definition) is 4. The normalized spacial score (nSPS) is 19.2. The number of carbonyl (C=O) groups is 3. The Balaban J connectivity index is 2.07. The summed E-state index contributed by atoms with van der Waals surface area (Å²) in [6, 6.07) is 1.62. The Morgan fingerprint density at radius 1 is 1.52 bits per heavy atom. The average Bonchev–Trinajstić information content (AvgIpc) is 3.08. The largest absolute Gasteiger partial charge is 0.480 e. The number of thiophene rings is 1. The zero-order valence-corrected chi connectivity index (χ0v) is 12.1. The summed E-state index contributed by atoms with van der Waals surface area (Å²) in [5.41, 5.74) is 5.14. The van der Waals surface area contributed by atoms with Crippen LogP contribution in [0.5, 0.6) is 0 Å². The maximum atomic E-state index is 12.3. The zero-order valence-electron chi connectivity index (χ0n) is 11.3. The van der Waals surface area contributed by atoms with Crippen LogP contribution < -0.4 is 11.1 Å². The molecular formula is C13H17N3O4S. The summed E-state index contributed by atoms with van der Waals surface area (Å²) >= 11 is 1.41. The van der Waals surface area contributed by atoms with Crippen LogP contribution in [0.15, 0.2) is 17.5 Å². The summed E-state index contributed by atoms with van der Waals surface area (Å²) in [5, 5.41) is 13.5. The molecule has 0 bridgehead atoms. The van der Waals surface area contributed by atoms with E-state index in [1.165, 1.54) is 16.2 Å². The van der Waals surface area contributed by atoms with E-state index < -0.39 is 24.1 Å². The van der Waals surface area contributed by atoms with Gasteiger partial charge in [0.15, 0.2) is 0 Å². The van der Waals surface area contributed by atoms with Crippen LogP contribution in [-0.2, 0) is 9.59 Å². The third kappa shape index (κ3) is 3.72. The Labute approximate surface area is 125 Å². The molecule has 1 aliphatic rings. The number of rotatable bonds is 5. The number of carboxylic acids is 1. The van der Waals surface area contributed by atoms with Gasteiger partial charge < -0.3 is 21.1 Å². The molecule has 0 saturated carbocycles. The molecular weight excluding hydrogens is 294 g/mol. The molecule has 0 aliphatic carbocycles. The maximum Gasteiger partial charge on any atom is 0.326 e. The number of nitrogens with two attached hydrogens (primary N) is 1. The van der Waals surface area contributed by atoms with Crippen molar-refractivity contribution >= 4 is 29.2 Å². The first kappa shape index (κ1) is 15.3. The molecule has 1 aromatic heterocycles.